The minimum absolute atomic E-state index is 1.14. The van der Waals surface area contributed by atoms with E-state index < -0.39 is 8.07 Å². The highest BCUT2D eigenvalue weighted by molar-refractivity contribution is 7.28. The van der Waals surface area contributed by atoms with E-state index in [1.807, 2.05) is 16.8 Å². The zero-order valence-corrected chi connectivity index (χ0v) is 13.4. The molecule has 1 nitrogen and oxygen atoms in total. The highest BCUT2D eigenvalue weighted by atomic mass is 32.1. The second-order valence-corrected chi connectivity index (χ2v) is 12.8. The quantitative estimate of drug-likeness (QED) is 0.630. The Morgan fingerprint density at radius 1 is 1.06 bits per heavy atom. The summed E-state index contributed by atoms with van der Waals surface area (Å²) in [5.41, 5.74) is 4.36. The molecule has 0 bridgehead atoms. The van der Waals surface area contributed by atoms with E-state index in [0.717, 1.165) is 5.52 Å². The van der Waals surface area contributed by atoms with E-state index in [-0.39, 0.29) is 0 Å². The van der Waals surface area contributed by atoms with Gasteiger partial charge in [0.15, 0.2) is 0 Å². The standard InChI is InChI=1S/C14H15NS2Si/c1-18(2,3)13-8-7-11(17-13)10-5-4-6-12-14(10)15-9-16-12/h4-9H,1-3H3. The number of para-hydroxylation sites is 1. The van der Waals surface area contributed by atoms with Gasteiger partial charge >= 0.3 is 0 Å². The molecule has 0 N–H and O–H groups in total. The normalized spacial score (nSPS) is 12.2. The molecule has 0 spiro atoms. The summed E-state index contributed by atoms with van der Waals surface area (Å²) in [7, 11) is -1.20. The number of nitrogens with zero attached hydrogens (tertiary/aromatic N) is 1. The van der Waals surface area contributed by atoms with E-state index in [1.54, 1.807) is 15.8 Å². The van der Waals surface area contributed by atoms with Gasteiger partial charge in [-0.1, -0.05) is 37.8 Å². The molecule has 3 rings (SSSR count). The molecule has 2 heterocycles. The van der Waals surface area contributed by atoms with Crippen LogP contribution >= 0.6 is 22.7 Å². The van der Waals surface area contributed by atoms with E-state index in [1.165, 1.54) is 15.1 Å². The van der Waals surface area contributed by atoms with Crippen molar-refractivity contribution < 1.29 is 0 Å². The van der Waals surface area contributed by atoms with Crippen molar-refractivity contribution in [1.29, 1.82) is 0 Å². The van der Waals surface area contributed by atoms with Gasteiger partial charge in [-0.05, 0) is 16.6 Å². The van der Waals surface area contributed by atoms with Crippen LogP contribution in [0.3, 0.4) is 0 Å². The first-order chi connectivity index (χ1) is 8.55. The van der Waals surface area contributed by atoms with E-state index in [2.05, 4.69) is 55.0 Å². The first-order valence-electron chi connectivity index (χ1n) is 5.98. The predicted molar refractivity (Wildman–Crippen MR) is 85.9 cm³/mol. The lowest BCUT2D eigenvalue weighted by molar-refractivity contribution is 1.50. The van der Waals surface area contributed by atoms with Crippen LogP contribution in [0.4, 0.5) is 0 Å². The first-order valence-corrected chi connectivity index (χ1v) is 11.2. The summed E-state index contributed by atoms with van der Waals surface area (Å²) in [6.07, 6.45) is 0. The molecule has 0 amide bonds. The van der Waals surface area contributed by atoms with Crippen LogP contribution in [0.5, 0.6) is 0 Å². The summed E-state index contributed by atoms with van der Waals surface area (Å²) >= 11 is 3.65. The van der Waals surface area contributed by atoms with Crippen LogP contribution in [0.1, 0.15) is 0 Å². The van der Waals surface area contributed by atoms with E-state index in [9.17, 15) is 0 Å². The predicted octanol–water partition coefficient (Wildman–Crippen LogP) is 4.57. The topological polar surface area (TPSA) is 12.9 Å². The Balaban J connectivity index is 2.15. The van der Waals surface area contributed by atoms with Gasteiger partial charge < -0.3 is 0 Å². The summed E-state index contributed by atoms with van der Waals surface area (Å²) in [6, 6.07) is 11.0. The number of aromatic nitrogens is 1. The smallest absolute Gasteiger partial charge is 0.0904 e. The van der Waals surface area contributed by atoms with E-state index in [0.29, 0.717) is 0 Å². The molecule has 18 heavy (non-hydrogen) atoms. The molecule has 4 heteroatoms. The molecule has 0 aliphatic heterocycles. The summed E-state index contributed by atoms with van der Waals surface area (Å²) in [5.74, 6) is 0. The lowest BCUT2D eigenvalue weighted by Gasteiger charge is -2.12. The van der Waals surface area contributed by atoms with Crippen molar-refractivity contribution in [2.75, 3.05) is 0 Å². The summed E-state index contributed by atoms with van der Waals surface area (Å²) < 4.78 is 2.83. The zero-order valence-electron chi connectivity index (χ0n) is 10.7. The zero-order chi connectivity index (χ0) is 12.8. The van der Waals surface area contributed by atoms with Crippen molar-refractivity contribution >= 4 is 45.5 Å². The number of benzene rings is 1. The number of hydrogen-bond acceptors (Lipinski definition) is 3. The van der Waals surface area contributed by atoms with Gasteiger partial charge in [-0.3, -0.25) is 0 Å². The van der Waals surface area contributed by atoms with Gasteiger partial charge in [0, 0.05) is 10.4 Å². The van der Waals surface area contributed by atoms with Crippen molar-refractivity contribution in [3.05, 3.63) is 35.8 Å². The van der Waals surface area contributed by atoms with Crippen molar-refractivity contribution in [1.82, 2.24) is 4.98 Å². The molecule has 0 radical (unpaired) electrons. The largest absolute Gasteiger partial charge is 0.244 e. The van der Waals surface area contributed by atoms with Crippen LogP contribution < -0.4 is 4.50 Å². The highest BCUT2D eigenvalue weighted by Gasteiger charge is 2.19. The number of fused-ring (bicyclic) bond motifs is 1. The average Bonchev–Trinajstić information content (AvgIpc) is 2.96. The molecule has 0 unspecified atom stereocenters. The molecule has 2 aromatic heterocycles. The van der Waals surface area contributed by atoms with Crippen LogP contribution in [0.25, 0.3) is 20.7 Å². The Kier molecular flexibility index (Phi) is 2.88. The van der Waals surface area contributed by atoms with Gasteiger partial charge in [-0.25, -0.2) is 4.98 Å². The Hall–Kier alpha value is -0.973. The minimum atomic E-state index is -1.20. The van der Waals surface area contributed by atoms with Gasteiger partial charge in [0.05, 0.1) is 23.8 Å². The molecular formula is C14H15NS2Si. The highest BCUT2D eigenvalue weighted by Crippen LogP contribution is 2.32. The molecule has 1 aromatic carbocycles. The molecule has 0 aliphatic carbocycles. The van der Waals surface area contributed by atoms with Gasteiger partial charge in [0.2, 0.25) is 0 Å². The van der Waals surface area contributed by atoms with Crippen molar-refractivity contribution in [2.45, 2.75) is 19.6 Å². The maximum Gasteiger partial charge on any atom is 0.0904 e. The lowest BCUT2D eigenvalue weighted by Crippen LogP contribution is -2.34. The number of hydrogen-bond donors (Lipinski definition) is 0. The SMILES string of the molecule is C[Si](C)(C)c1ccc(-c2cccc3scnc23)s1. The number of thiazole rings is 1. The molecule has 0 fully saturated rings. The maximum absolute atomic E-state index is 4.50. The molecular weight excluding hydrogens is 274 g/mol. The van der Waals surface area contributed by atoms with Crippen molar-refractivity contribution in [3.63, 3.8) is 0 Å². The second kappa shape index (κ2) is 4.30. The lowest BCUT2D eigenvalue weighted by atomic mass is 10.1. The third-order valence-corrected chi connectivity index (χ3v) is 8.49. The van der Waals surface area contributed by atoms with Crippen LogP contribution in [0, 0.1) is 0 Å². The monoisotopic (exact) mass is 289 g/mol. The molecule has 0 atom stereocenters. The van der Waals surface area contributed by atoms with Gasteiger partial charge in [-0.15, -0.1) is 22.7 Å². The first kappa shape index (κ1) is 12.1. The number of thiophene rings is 1. The van der Waals surface area contributed by atoms with E-state index in [4.69, 9.17) is 0 Å². The molecule has 92 valence electrons. The third-order valence-electron chi connectivity index (χ3n) is 2.97. The fourth-order valence-corrected chi connectivity index (χ4v) is 5.60. The van der Waals surface area contributed by atoms with E-state index >= 15 is 0 Å². The van der Waals surface area contributed by atoms with Crippen LogP contribution in [-0.4, -0.2) is 13.1 Å². The minimum Gasteiger partial charge on any atom is -0.244 e. The van der Waals surface area contributed by atoms with Crippen molar-refractivity contribution in [3.8, 4) is 10.4 Å². The number of rotatable bonds is 2. The average molecular weight is 290 g/mol. The molecule has 0 saturated carbocycles. The Labute approximate surface area is 116 Å². The Morgan fingerprint density at radius 2 is 1.89 bits per heavy atom. The Bertz CT molecular complexity index is 691. The van der Waals surface area contributed by atoms with Crippen LogP contribution in [0.15, 0.2) is 35.8 Å². The fraction of sp³-hybridized carbons (Fsp3) is 0.214. The molecule has 0 saturated heterocycles. The fourth-order valence-electron chi connectivity index (χ4n) is 1.97. The van der Waals surface area contributed by atoms with Crippen LogP contribution in [-0.2, 0) is 0 Å². The second-order valence-electron chi connectivity index (χ2n) is 5.42. The Morgan fingerprint density at radius 3 is 2.61 bits per heavy atom. The maximum atomic E-state index is 4.50. The summed E-state index contributed by atoms with van der Waals surface area (Å²) in [4.78, 5) is 5.85. The third kappa shape index (κ3) is 2.04. The summed E-state index contributed by atoms with van der Waals surface area (Å²) in [6.45, 7) is 7.18. The van der Waals surface area contributed by atoms with Gasteiger partial charge in [-0.2, -0.15) is 0 Å². The molecule has 0 aliphatic rings. The van der Waals surface area contributed by atoms with Crippen LogP contribution in [0.2, 0.25) is 19.6 Å². The molecule has 3 aromatic rings. The van der Waals surface area contributed by atoms with Gasteiger partial charge in [0.1, 0.15) is 0 Å². The summed E-state index contributed by atoms with van der Waals surface area (Å²) in [5, 5.41) is 0. The van der Waals surface area contributed by atoms with Crippen molar-refractivity contribution in [2.24, 2.45) is 0 Å². The van der Waals surface area contributed by atoms with Gasteiger partial charge in [0.25, 0.3) is 0 Å².